The first-order chi connectivity index (χ1) is 17.2. The van der Waals surface area contributed by atoms with Crippen LogP contribution in [0.5, 0.6) is 5.75 Å². The summed E-state index contributed by atoms with van der Waals surface area (Å²) in [6.45, 7) is 1.02. The fourth-order valence-corrected chi connectivity index (χ4v) is 5.60. The van der Waals surface area contributed by atoms with Crippen molar-refractivity contribution in [3.05, 3.63) is 92.3 Å². The zero-order valence-electron chi connectivity index (χ0n) is 19.3. The van der Waals surface area contributed by atoms with E-state index in [1.165, 1.54) is 28.4 Å². The van der Waals surface area contributed by atoms with Crippen LogP contribution in [0.2, 0.25) is 0 Å². The Kier molecular flexibility index (Phi) is 6.29. The molecule has 0 saturated heterocycles. The van der Waals surface area contributed by atoms with Crippen LogP contribution in [0.4, 0.5) is 13.2 Å². The number of halogens is 3. The molecule has 4 aromatic rings. The van der Waals surface area contributed by atoms with E-state index in [2.05, 4.69) is 4.98 Å². The second-order valence-corrected chi connectivity index (χ2v) is 9.66. The number of rotatable bonds is 5. The van der Waals surface area contributed by atoms with Gasteiger partial charge >= 0.3 is 6.18 Å². The number of hydrogen-bond acceptors (Lipinski definition) is 5. The molecule has 2 aromatic carbocycles. The van der Waals surface area contributed by atoms with Gasteiger partial charge in [0.15, 0.2) is 0 Å². The van der Waals surface area contributed by atoms with Crippen molar-refractivity contribution < 1.29 is 22.7 Å². The number of carbonyl (C=O) groups excluding carboxylic acids is 1. The van der Waals surface area contributed by atoms with E-state index in [-0.39, 0.29) is 17.7 Å². The van der Waals surface area contributed by atoms with Crippen molar-refractivity contribution in [2.75, 3.05) is 13.7 Å². The highest BCUT2D eigenvalue weighted by molar-refractivity contribution is 7.18. The van der Waals surface area contributed by atoms with Crippen molar-refractivity contribution in [1.82, 2.24) is 14.5 Å². The van der Waals surface area contributed by atoms with Gasteiger partial charge < -0.3 is 9.64 Å². The van der Waals surface area contributed by atoms with Gasteiger partial charge in [-0.05, 0) is 54.3 Å². The number of fused-ring (bicyclic) bond motifs is 3. The number of amides is 1. The molecule has 1 aliphatic rings. The van der Waals surface area contributed by atoms with Crippen LogP contribution >= 0.6 is 11.3 Å². The van der Waals surface area contributed by atoms with Gasteiger partial charge in [0, 0.05) is 23.5 Å². The van der Waals surface area contributed by atoms with Gasteiger partial charge in [0.05, 0.1) is 30.9 Å². The number of hydrogen-bond donors (Lipinski definition) is 0. The van der Waals surface area contributed by atoms with Gasteiger partial charge in [-0.15, -0.1) is 11.3 Å². The number of aromatic nitrogens is 2. The van der Waals surface area contributed by atoms with Crippen LogP contribution in [-0.4, -0.2) is 34.0 Å². The van der Waals surface area contributed by atoms with Crippen LogP contribution in [0.3, 0.4) is 0 Å². The summed E-state index contributed by atoms with van der Waals surface area (Å²) in [6, 6.07) is 12.1. The molecule has 10 heteroatoms. The van der Waals surface area contributed by atoms with Crippen molar-refractivity contribution >= 4 is 27.5 Å². The van der Waals surface area contributed by atoms with E-state index < -0.39 is 17.6 Å². The number of ether oxygens (including phenoxy) is 1. The average Bonchev–Trinajstić information content (AvgIpc) is 3.26. The Morgan fingerprint density at radius 1 is 1.17 bits per heavy atom. The lowest BCUT2D eigenvalue weighted by Gasteiger charge is -2.27. The molecule has 0 fully saturated rings. The van der Waals surface area contributed by atoms with Gasteiger partial charge in [-0.2, -0.15) is 13.2 Å². The molecule has 2 aromatic heterocycles. The molecule has 6 nitrogen and oxygen atoms in total. The monoisotopic (exact) mass is 513 g/mol. The average molecular weight is 514 g/mol. The van der Waals surface area contributed by atoms with Crippen molar-refractivity contribution in [3.8, 4) is 5.75 Å². The molecule has 1 aliphatic heterocycles. The van der Waals surface area contributed by atoms with Gasteiger partial charge in [0.2, 0.25) is 0 Å². The maximum atomic E-state index is 13.3. The second-order valence-electron chi connectivity index (χ2n) is 8.58. The zero-order valence-corrected chi connectivity index (χ0v) is 20.2. The number of nitrogens with zero attached hydrogens (tertiary/aromatic N) is 3. The normalized spacial score (nSPS) is 13.6. The Morgan fingerprint density at radius 2 is 1.94 bits per heavy atom. The molecule has 0 saturated carbocycles. The minimum absolute atomic E-state index is 0.00611. The molecule has 0 unspecified atom stereocenters. The van der Waals surface area contributed by atoms with Crippen molar-refractivity contribution in [2.45, 2.75) is 32.1 Å². The van der Waals surface area contributed by atoms with Crippen molar-refractivity contribution in [2.24, 2.45) is 0 Å². The van der Waals surface area contributed by atoms with E-state index in [0.29, 0.717) is 36.1 Å². The van der Waals surface area contributed by atoms with Gasteiger partial charge in [-0.1, -0.05) is 18.2 Å². The van der Waals surface area contributed by atoms with Crippen LogP contribution in [0, 0.1) is 0 Å². The summed E-state index contributed by atoms with van der Waals surface area (Å²) in [7, 11) is 1.61. The summed E-state index contributed by atoms with van der Waals surface area (Å²) in [6.07, 6.45) is -1.88. The van der Waals surface area contributed by atoms with E-state index in [1.807, 2.05) is 24.3 Å². The highest BCUT2D eigenvalue weighted by atomic mass is 32.1. The predicted molar refractivity (Wildman–Crippen MR) is 130 cm³/mol. The molecule has 5 rings (SSSR count). The van der Waals surface area contributed by atoms with E-state index in [9.17, 15) is 22.8 Å². The fraction of sp³-hybridized carbons (Fsp3) is 0.269. The zero-order chi connectivity index (χ0) is 25.4. The van der Waals surface area contributed by atoms with Gasteiger partial charge in [-0.3, -0.25) is 14.2 Å². The summed E-state index contributed by atoms with van der Waals surface area (Å²) in [5.74, 6) is 0.304. The maximum absolute atomic E-state index is 13.3. The summed E-state index contributed by atoms with van der Waals surface area (Å²) in [5, 5.41) is 0.568. The number of benzene rings is 2. The van der Waals surface area contributed by atoms with Crippen LogP contribution in [0.15, 0.2) is 59.7 Å². The van der Waals surface area contributed by atoms with E-state index in [1.54, 1.807) is 18.0 Å². The second kappa shape index (κ2) is 9.42. The maximum Gasteiger partial charge on any atom is 0.416 e. The van der Waals surface area contributed by atoms with Crippen molar-refractivity contribution in [3.63, 3.8) is 0 Å². The van der Waals surface area contributed by atoms with Crippen molar-refractivity contribution in [1.29, 1.82) is 0 Å². The Balaban J connectivity index is 1.36. The smallest absolute Gasteiger partial charge is 0.416 e. The van der Waals surface area contributed by atoms with Crippen LogP contribution in [0.1, 0.15) is 31.9 Å². The lowest BCUT2D eigenvalue weighted by Crippen LogP contribution is -2.35. The largest absolute Gasteiger partial charge is 0.497 e. The van der Waals surface area contributed by atoms with E-state index in [0.717, 1.165) is 33.9 Å². The lowest BCUT2D eigenvalue weighted by molar-refractivity contribution is -0.137. The molecule has 1 amide bonds. The van der Waals surface area contributed by atoms with Gasteiger partial charge in [-0.25, -0.2) is 4.98 Å². The summed E-state index contributed by atoms with van der Waals surface area (Å²) < 4.78 is 46.0. The van der Waals surface area contributed by atoms with E-state index in [4.69, 9.17) is 4.74 Å². The van der Waals surface area contributed by atoms with Gasteiger partial charge in [0.1, 0.15) is 10.6 Å². The molecule has 0 spiro atoms. The standard InChI is InChI=1S/C26H22F3N3O3S/c1-35-19-7-5-16(6-8-19)9-11-32-15-30-23-22(25(32)34)20-10-12-31(14-21(20)36-23)24(33)17-3-2-4-18(13-17)26(27,28)29/h2-8,13,15H,9-12,14H2,1H3. The third kappa shape index (κ3) is 4.60. The third-order valence-electron chi connectivity index (χ3n) is 6.35. The summed E-state index contributed by atoms with van der Waals surface area (Å²) in [4.78, 5) is 33.7. The number of aryl methyl sites for hydroxylation is 2. The lowest BCUT2D eigenvalue weighted by atomic mass is 10.0. The Morgan fingerprint density at radius 3 is 2.67 bits per heavy atom. The minimum Gasteiger partial charge on any atom is -0.497 e. The Bertz CT molecular complexity index is 1490. The molecular weight excluding hydrogens is 491 g/mol. The van der Waals surface area contributed by atoms with Crippen LogP contribution in [0.25, 0.3) is 10.2 Å². The topological polar surface area (TPSA) is 64.4 Å². The number of thiophene rings is 1. The quantitative estimate of drug-likeness (QED) is 0.380. The minimum atomic E-state index is -4.52. The number of methoxy groups -OCH3 is 1. The molecule has 0 radical (unpaired) electrons. The number of carbonyl (C=O) groups is 1. The molecule has 0 atom stereocenters. The fourth-order valence-electron chi connectivity index (χ4n) is 4.40. The van der Waals surface area contributed by atoms with Crippen LogP contribution in [-0.2, 0) is 32.1 Å². The SMILES string of the molecule is COc1ccc(CCn2cnc3sc4c(c3c2=O)CCN(C(=O)c2cccc(C(F)(F)F)c2)C4)cc1. The molecule has 36 heavy (non-hydrogen) atoms. The van der Waals surface area contributed by atoms with Crippen LogP contribution < -0.4 is 10.3 Å². The summed E-state index contributed by atoms with van der Waals surface area (Å²) >= 11 is 1.35. The summed E-state index contributed by atoms with van der Waals surface area (Å²) in [5.41, 5.74) is 0.961. The molecule has 186 valence electrons. The first-order valence-electron chi connectivity index (χ1n) is 11.3. The molecular formula is C26H22F3N3O3S. The Labute approximate surface area is 208 Å². The molecule has 0 bridgehead atoms. The third-order valence-corrected chi connectivity index (χ3v) is 7.48. The number of alkyl halides is 3. The van der Waals surface area contributed by atoms with Gasteiger partial charge in [0.25, 0.3) is 11.5 Å². The molecule has 0 N–H and O–H groups in total. The predicted octanol–water partition coefficient (Wildman–Crippen LogP) is 4.93. The first kappa shape index (κ1) is 24.1. The molecule has 0 aliphatic carbocycles. The Hall–Kier alpha value is -3.66. The highest BCUT2D eigenvalue weighted by Crippen LogP contribution is 2.34. The van der Waals surface area contributed by atoms with E-state index >= 15 is 0 Å². The first-order valence-corrected chi connectivity index (χ1v) is 12.2. The highest BCUT2D eigenvalue weighted by Gasteiger charge is 2.32. The molecule has 3 heterocycles.